The summed E-state index contributed by atoms with van der Waals surface area (Å²) in [5, 5.41) is 4.33. The smallest absolute Gasteiger partial charge is 0.267 e. The zero-order chi connectivity index (χ0) is 13.9. The number of furan rings is 1. The molecule has 0 N–H and O–H groups in total. The minimum Gasteiger partial charge on any atom is -0.463 e. The molecule has 0 atom stereocenters. The molecular weight excluding hydrogens is 320 g/mol. The number of hydrogen-bond acceptors (Lipinski definition) is 3. The van der Waals surface area contributed by atoms with Crippen molar-refractivity contribution in [3.8, 4) is 11.5 Å². The normalized spacial score (nSPS) is 10.7. The molecule has 0 saturated carbocycles. The average Bonchev–Trinajstić information content (AvgIpc) is 2.95. The Labute approximate surface area is 123 Å². The summed E-state index contributed by atoms with van der Waals surface area (Å²) in [6.45, 7) is 0.423. The first-order chi connectivity index (χ1) is 9.72. The van der Waals surface area contributed by atoms with E-state index >= 15 is 0 Å². The van der Waals surface area contributed by atoms with Crippen molar-refractivity contribution in [3.63, 3.8) is 0 Å². The highest BCUT2D eigenvalue weighted by Crippen LogP contribution is 2.16. The highest BCUT2D eigenvalue weighted by Gasteiger charge is 2.06. The Hall–Kier alpha value is -2.14. The van der Waals surface area contributed by atoms with Crippen molar-refractivity contribution in [3.05, 3.63) is 75.2 Å². The lowest BCUT2D eigenvalue weighted by Crippen LogP contribution is -2.22. The lowest BCUT2D eigenvalue weighted by Gasteiger charge is -2.06. The summed E-state index contributed by atoms with van der Waals surface area (Å²) < 4.78 is 7.71. The van der Waals surface area contributed by atoms with Crippen LogP contribution in [0.25, 0.3) is 11.5 Å². The fraction of sp³-hybridized carbons (Fsp3) is 0.0667. The fourth-order valence-electron chi connectivity index (χ4n) is 1.93. The van der Waals surface area contributed by atoms with Gasteiger partial charge in [0, 0.05) is 10.5 Å². The van der Waals surface area contributed by atoms with E-state index in [-0.39, 0.29) is 5.56 Å². The first-order valence-electron chi connectivity index (χ1n) is 6.09. The fourth-order valence-corrected chi connectivity index (χ4v) is 2.37. The molecule has 2 heterocycles. The summed E-state index contributed by atoms with van der Waals surface area (Å²) in [5.41, 5.74) is 1.51. The van der Waals surface area contributed by atoms with Crippen LogP contribution in [-0.4, -0.2) is 9.78 Å². The molecule has 0 fully saturated rings. The van der Waals surface area contributed by atoms with E-state index in [4.69, 9.17) is 4.42 Å². The third-order valence-electron chi connectivity index (χ3n) is 2.86. The van der Waals surface area contributed by atoms with Crippen LogP contribution in [0.1, 0.15) is 5.56 Å². The van der Waals surface area contributed by atoms with Gasteiger partial charge in [0.25, 0.3) is 5.56 Å². The van der Waals surface area contributed by atoms with Crippen molar-refractivity contribution < 1.29 is 4.42 Å². The summed E-state index contributed by atoms with van der Waals surface area (Å²) in [4.78, 5) is 11.9. The van der Waals surface area contributed by atoms with Crippen LogP contribution in [-0.2, 0) is 6.54 Å². The third-order valence-corrected chi connectivity index (χ3v) is 3.35. The SMILES string of the molecule is O=c1ccc(-c2ccco2)nn1Cc1cccc(Br)c1. The maximum atomic E-state index is 11.9. The predicted molar refractivity (Wildman–Crippen MR) is 79.4 cm³/mol. The number of aromatic nitrogens is 2. The zero-order valence-electron chi connectivity index (χ0n) is 10.5. The molecule has 0 bridgehead atoms. The van der Waals surface area contributed by atoms with Gasteiger partial charge >= 0.3 is 0 Å². The van der Waals surface area contributed by atoms with Crippen molar-refractivity contribution in [2.75, 3.05) is 0 Å². The Bertz CT molecular complexity index is 779. The van der Waals surface area contributed by atoms with Gasteiger partial charge in [0.1, 0.15) is 5.69 Å². The summed E-state index contributed by atoms with van der Waals surface area (Å²) in [6, 6.07) is 14.6. The van der Waals surface area contributed by atoms with E-state index in [1.54, 1.807) is 18.4 Å². The first-order valence-corrected chi connectivity index (χ1v) is 6.88. The number of rotatable bonds is 3. The molecule has 0 aliphatic heterocycles. The Morgan fingerprint density at radius 2 is 2.05 bits per heavy atom. The van der Waals surface area contributed by atoms with Crippen LogP contribution in [0.5, 0.6) is 0 Å². The molecular formula is C15H11BrN2O2. The minimum absolute atomic E-state index is 0.139. The topological polar surface area (TPSA) is 48.0 Å². The van der Waals surface area contributed by atoms with Crippen LogP contribution in [0.4, 0.5) is 0 Å². The van der Waals surface area contributed by atoms with Crippen LogP contribution in [0.3, 0.4) is 0 Å². The van der Waals surface area contributed by atoms with Gasteiger partial charge in [0.15, 0.2) is 5.76 Å². The first kappa shape index (κ1) is 12.9. The molecule has 0 radical (unpaired) electrons. The van der Waals surface area contributed by atoms with Gasteiger partial charge in [0.05, 0.1) is 12.8 Å². The summed E-state index contributed by atoms with van der Waals surface area (Å²) >= 11 is 3.42. The van der Waals surface area contributed by atoms with E-state index in [2.05, 4.69) is 21.0 Å². The second-order valence-electron chi connectivity index (χ2n) is 4.32. The Balaban J connectivity index is 1.97. The lowest BCUT2D eigenvalue weighted by atomic mass is 10.2. The Morgan fingerprint density at radius 1 is 1.15 bits per heavy atom. The van der Waals surface area contributed by atoms with E-state index in [1.807, 2.05) is 30.3 Å². The molecule has 0 unspecified atom stereocenters. The zero-order valence-corrected chi connectivity index (χ0v) is 12.1. The molecule has 0 aliphatic rings. The second-order valence-corrected chi connectivity index (χ2v) is 5.24. The van der Waals surface area contributed by atoms with Crippen molar-refractivity contribution in [2.24, 2.45) is 0 Å². The van der Waals surface area contributed by atoms with Crippen molar-refractivity contribution in [1.29, 1.82) is 0 Å². The Morgan fingerprint density at radius 3 is 2.80 bits per heavy atom. The minimum atomic E-state index is -0.139. The molecule has 20 heavy (non-hydrogen) atoms. The van der Waals surface area contributed by atoms with Crippen molar-refractivity contribution in [2.45, 2.75) is 6.54 Å². The molecule has 5 heteroatoms. The third kappa shape index (κ3) is 2.72. The predicted octanol–water partition coefficient (Wildman–Crippen LogP) is 3.31. The molecule has 1 aromatic carbocycles. The highest BCUT2D eigenvalue weighted by molar-refractivity contribution is 9.10. The molecule has 0 amide bonds. The average molecular weight is 331 g/mol. The maximum absolute atomic E-state index is 11.9. The summed E-state index contributed by atoms with van der Waals surface area (Å²) in [5.74, 6) is 0.646. The van der Waals surface area contributed by atoms with Crippen LogP contribution in [0.15, 0.2) is 68.5 Å². The maximum Gasteiger partial charge on any atom is 0.267 e. The molecule has 3 rings (SSSR count). The van der Waals surface area contributed by atoms with Crippen molar-refractivity contribution in [1.82, 2.24) is 9.78 Å². The van der Waals surface area contributed by atoms with Gasteiger partial charge in [0.2, 0.25) is 0 Å². The van der Waals surface area contributed by atoms with Crippen molar-refractivity contribution >= 4 is 15.9 Å². The number of hydrogen-bond donors (Lipinski definition) is 0. The molecule has 100 valence electrons. The number of benzene rings is 1. The van der Waals surface area contributed by atoms with Gasteiger partial charge in [-0.25, -0.2) is 4.68 Å². The van der Waals surface area contributed by atoms with Crippen LogP contribution >= 0.6 is 15.9 Å². The van der Waals surface area contributed by atoms with Gasteiger partial charge in [-0.1, -0.05) is 28.1 Å². The number of halogens is 1. The molecule has 3 aromatic rings. The lowest BCUT2D eigenvalue weighted by molar-refractivity contribution is 0.569. The van der Waals surface area contributed by atoms with Crippen LogP contribution < -0.4 is 5.56 Å². The van der Waals surface area contributed by atoms with E-state index in [9.17, 15) is 4.79 Å². The summed E-state index contributed by atoms with van der Waals surface area (Å²) in [7, 11) is 0. The van der Waals surface area contributed by atoms with E-state index < -0.39 is 0 Å². The second kappa shape index (κ2) is 5.46. The number of nitrogens with zero attached hydrogens (tertiary/aromatic N) is 2. The van der Waals surface area contributed by atoms with E-state index in [0.717, 1.165) is 10.0 Å². The summed E-state index contributed by atoms with van der Waals surface area (Å²) in [6.07, 6.45) is 1.58. The van der Waals surface area contributed by atoms with Gasteiger partial charge in [-0.3, -0.25) is 4.79 Å². The van der Waals surface area contributed by atoms with Gasteiger partial charge in [-0.2, -0.15) is 5.10 Å². The van der Waals surface area contributed by atoms with Crippen LogP contribution in [0.2, 0.25) is 0 Å². The van der Waals surface area contributed by atoms with E-state index in [0.29, 0.717) is 18.0 Å². The van der Waals surface area contributed by atoms with Crippen LogP contribution in [0, 0.1) is 0 Å². The Kier molecular flexibility index (Phi) is 3.52. The standard InChI is InChI=1S/C15H11BrN2O2/c16-12-4-1-3-11(9-12)10-18-15(19)7-6-13(17-18)14-5-2-8-20-14/h1-9H,10H2. The highest BCUT2D eigenvalue weighted by atomic mass is 79.9. The molecule has 4 nitrogen and oxygen atoms in total. The quantitative estimate of drug-likeness (QED) is 0.740. The van der Waals surface area contributed by atoms with Gasteiger partial charge in [-0.15, -0.1) is 0 Å². The largest absolute Gasteiger partial charge is 0.463 e. The molecule has 0 aliphatic carbocycles. The molecule has 0 spiro atoms. The van der Waals surface area contributed by atoms with Gasteiger partial charge in [-0.05, 0) is 35.9 Å². The molecule has 2 aromatic heterocycles. The van der Waals surface area contributed by atoms with Gasteiger partial charge < -0.3 is 4.42 Å². The molecule has 0 saturated heterocycles. The van der Waals surface area contributed by atoms with E-state index in [1.165, 1.54) is 10.7 Å². The monoisotopic (exact) mass is 330 g/mol.